The maximum Gasteiger partial charge on any atom is 0.133 e. The summed E-state index contributed by atoms with van der Waals surface area (Å²) in [6, 6.07) is 1.31. The van der Waals surface area contributed by atoms with E-state index in [0.29, 0.717) is 18.6 Å². The number of hydrogen-bond acceptors (Lipinski definition) is 0. The van der Waals surface area contributed by atoms with E-state index in [4.69, 9.17) is 11.6 Å². The first kappa shape index (κ1) is 12.4. The summed E-state index contributed by atoms with van der Waals surface area (Å²) in [7, 11) is 0. The van der Waals surface area contributed by atoms with E-state index in [0.717, 1.165) is 12.8 Å². The molecule has 0 saturated carbocycles. The number of hydrogen-bond donors (Lipinski definition) is 0. The molecule has 1 aromatic carbocycles. The summed E-state index contributed by atoms with van der Waals surface area (Å²) >= 11 is 5.85. The maximum absolute atomic E-state index is 13.2. The van der Waals surface area contributed by atoms with Gasteiger partial charge < -0.3 is 0 Å². The summed E-state index contributed by atoms with van der Waals surface area (Å²) in [5.41, 5.74) is -0.230. The van der Waals surface area contributed by atoms with Crippen LogP contribution in [0.5, 0.6) is 0 Å². The lowest BCUT2D eigenvalue weighted by molar-refractivity contribution is 0.514. The average Bonchev–Trinajstić information content (AvgIpc) is 2.12. The molecule has 0 aliphatic carbocycles. The predicted molar refractivity (Wildman–Crippen MR) is 54.4 cm³/mol. The van der Waals surface area contributed by atoms with Crippen LogP contribution in [0.25, 0.3) is 0 Å². The van der Waals surface area contributed by atoms with Crippen LogP contribution in [-0.4, -0.2) is 0 Å². The van der Waals surface area contributed by atoms with Crippen LogP contribution in [0.15, 0.2) is 12.1 Å². The van der Waals surface area contributed by atoms with Crippen molar-refractivity contribution in [1.82, 2.24) is 0 Å². The van der Waals surface area contributed by atoms with E-state index in [1.54, 1.807) is 0 Å². The molecule has 0 saturated heterocycles. The molecule has 1 aromatic rings. The Hall–Kier alpha value is -0.700. The van der Waals surface area contributed by atoms with Gasteiger partial charge in [0.2, 0.25) is 0 Å². The van der Waals surface area contributed by atoms with E-state index in [1.165, 1.54) is 0 Å². The molecule has 1 atom stereocenters. The Bertz CT molecular complexity index is 316. The monoisotopic (exact) mass is 236 g/mol. The lowest BCUT2D eigenvalue weighted by atomic mass is 10.1. The zero-order valence-corrected chi connectivity index (χ0v) is 9.12. The maximum atomic E-state index is 13.2. The Kier molecular flexibility index (Phi) is 4.45. The van der Waals surface area contributed by atoms with Crippen molar-refractivity contribution in [2.24, 2.45) is 0 Å². The lowest BCUT2D eigenvalue weighted by Gasteiger charge is -2.11. The van der Waals surface area contributed by atoms with Crippen molar-refractivity contribution in [3.63, 3.8) is 0 Å². The van der Waals surface area contributed by atoms with Crippen molar-refractivity contribution in [1.29, 1.82) is 0 Å². The Balaban J connectivity index is 2.92. The summed E-state index contributed by atoms with van der Waals surface area (Å²) in [5.74, 6) is -2.75. The van der Waals surface area contributed by atoms with Crippen molar-refractivity contribution in [3.05, 3.63) is 35.1 Å². The van der Waals surface area contributed by atoms with Gasteiger partial charge in [-0.25, -0.2) is 13.2 Å². The molecule has 15 heavy (non-hydrogen) atoms. The number of rotatable bonds is 4. The van der Waals surface area contributed by atoms with Gasteiger partial charge in [-0.3, -0.25) is 0 Å². The molecule has 0 bridgehead atoms. The first-order chi connectivity index (χ1) is 7.06. The van der Waals surface area contributed by atoms with Gasteiger partial charge in [-0.1, -0.05) is 19.8 Å². The standard InChI is InChI=1S/C11H12ClF3/c1-2-3-4-8(12)11-9(14)5-7(13)6-10(11)15/h5-6,8H,2-4H2,1H3. The molecule has 0 spiro atoms. The third-order valence-corrected chi connectivity index (χ3v) is 2.60. The summed E-state index contributed by atoms with van der Waals surface area (Å²) in [4.78, 5) is 0. The van der Waals surface area contributed by atoms with Crippen LogP contribution in [0.4, 0.5) is 13.2 Å². The number of alkyl halides is 1. The van der Waals surface area contributed by atoms with Gasteiger partial charge in [0.25, 0.3) is 0 Å². The van der Waals surface area contributed by atoms with Crippen LogP contribution in [0.2, 0.25) is 0 Å². The van der Waals surface area contributed by atoms with Crippen LogP contribution in [0.1, 0.15) is 37.1 Å². The second-order valence-electron chi connectivity index (χ2n) is 3.39. The molecule has 1 unspecified atom stereocenters. The van der Waals surface area contributed by atoms with E-state index in [9.17, 15) is 13.2 Å². The van der Waals surface area contributed by atoms with Crippen molar-refractivity contribution >= 4 is 11.6 Å². The molecule has 0 N–H and O–H groups in total. The zero-order valence-electron chi connectivity index (χ0n) is 8.37. The Morgan fingerprint density at radius 1 is 1.20 bits per heavy atom. The first-order valence-electron chi connectivity index (χ1n) is 4.84. The number of unbranched alkanes of at least 4 members (excludes halogenated alkanes) is 1. The molecule has 0 nitrogen and oxygen atoms in total. The number of halogens is 4. The Morgan fingerprint density at radius 3 is 2.20 bits per heavy atom. The fourth-order valence-electron chi connectivity index (χ4n) is 1.38. The van der Waals surface area contributed by atoms with Gasteiger partial charge in [0.15, 0.2) is 0 Å². The highest BCUT2D eigenvalue weighted by Gasteiger charge is 2.18. The zero-order chi connectivity index (χ0) is 11.4. The summed E-state index contributed by atoms with van der Waals surface area (Å²) in [6.07, 6.45) is 2.16. The minimum Gasteiger partial charge on any atom is -0.207 e. The minimum absolute atomic E-state index is 0.230. The van der Waals surface area contributed by atoms with Crippen LogP contribution >= 0.6 is 11.6 Å². The van der Waals surface area contributed by atoms with E-state index < -0.39 is 22.8 Å². The molecule has 84 valence electrons. The highest BCUT2D eigenvalue weighted by Crippen LogP contribution is 2.30. The average molecular weight is 237 g/mol. The first-order valence-corrected chi connectivity index (χ1v) is 5.28. The molecular formula is C11H12ClF3. The van der Waals surface area contributed by atoms with E-state index in [2.05, 4.69) is 0 Å². The normalized spacial score (nSPS) is 12.9. The van der Waals surface area contributed by atoms with E-state index in [-0.39, 0.29) is 5.56 Å². The minimum atomic E-state index is -0.923. The molecule has 1 rings (SSSR count). The molecule has 0 aliphatic rings. The third-order valence-electron chi connectivity index (χ3n) is 2.17. The molecule has 0 aliphatic heterocycles. The van der Waals surface area contributed by atoms with Gasteiger partial charge in [0, 0.05) is 17.7 Å². The van der Waals surface area contributed by atoms with Crippen molar-refractivity contribution in [2.45, 2.75) is 31.6 Å². The SMILES string of the molecule is CCCCC(Cl)c1c(F)cc(F)cc1F. The smallest absolute Gasteiger partial charge is 0.133 e. The molecule has 0 heterocycles. The predicted octanol–water partition coefficient (Wildman–Crippen LogP) is 4.57. The van der Waals surface area contributed by atoms with Gasteiger partial charge >= 0.3 is 0 Å². The van der Waals surface area contributed by atoms with Gasteiger partial charge in [-0.05, 0) is 6.42 Å². The largest absolute Gasteiger partial charge is 0.207 e. The second kappa shape index (κ2) is 5.40. The van der Waals surface area contributed by atoms with Crippen LogP contribution in [0, 0.1) is 17.5 Å². The quantitative estimate of drug-likeness (QED) is 0.672. The molecular weight excluding hydrogens is 225 g/mol. The fourth-order valence-corrected chi connectivity index (χ4v) is 1.74. The highest BCUT2D eigenvalue weighted by atomic mass is 35.5. The van der Waals surface area contributed by atoms with Crippen LogP contribution in [0.3, 0.4) is 0 Å². The van der Waals surface area contributed by atoms with E-state index in [1.807, 2.05) is 6.92 Å². The van der Waals surface area contributed by atoms with Crippen molar-refractivity contribution in [3.8, 4) is 0 Å². The molecule has 0 fully saturated rings. The molecule has 0 amide bonds. The third kappa shape index (κ3) is 3.13. The highest BCUT2D eigenvalue weighted by molar-refractivity contribution is 6.20. The van der Waals surface area contributed by atoms with E-state index >= 15 is 0 Å². The summed E-state index contributed by atoms with van der Waals surface area (Å²) in [5, 5.41) is -0.731. The van der Waals surface area contributed by atoms with Gasteiger partial charge in [0.05, 0.1) is 5.38 Å². The second-order valence-corrected chi connectivity index (χ2v) is 3.92. The van der Waals surface area contributed by atoms with Crippen molar-refractivity contribution in [2.75, 3.05) is 0 Å². The lowest BCUT2D eigenvalue weighted by Crippen LogP contribution is -2.00. The summed E-state index contributed by atoms with van der Waals surface area (Å²) < 4.78 is 39.0. The van der Waals surface area contributed by atoms with Gasteiger partial charge in [0.1, 0.15) is 17.5 Å². The fraction of sp³-hybridized carbons (Fsp3) is 0.455. The molecule has 0 aromatic heterocycles. The van der Waals surface area contributed by atoms with Crippen LogP contribution < -0.4 is 0 Å². The molecule has 0 radical (unpaired) electrons. The van der Waals surface area contributed by atoms with Crippen molar-refractivity contribution < 1.29 is 13.2 Å². The summed E-state index contributed by atoms with van der Waals surface area (Å²) in [6.45, 7) is 1.96. The van der Waals surface area contributed by atoms with Gasteiger partial charge in [-0.15, -0.1) is 11.6 Å². The Labute approximate surface area is 92.1 Å². The van der Waals surface area contributed by atoms with Gasteiger partial charge in [-0.2, -0.15) is 0 Å². The topological polar surface area (TPSA) is 0 Å². The molecule has 4 heteroatoms. The van der Waals surface area contributed by atoms with Crippen LogP contribution in [-0.2, 0) is 0 Å². The number of benzene rings is 1. The Morgan fingerprint density at radius 2 is 1.73 bits per heavy atom.